The summed E-state index contributed by atoms with van der Waals surface area (Å²) in [5.41, 5.74) is 8.06. The van der Waals surface area contributed by atoms with Crippen LogP contribution in [0.4, 0.5) is 0 Å². The van der Waals surface area contributed by atoms with Gasteiger partial charge in [0, 0.05) is 30.6 Å². The standard InChI is InChI=1S/C52H57N3O7S/c1-35-18-28-46(29-19-35)63(59,60)54-47(31-38-12-7-5-8-13-38)51(58)53-32-40-14-11-17-45(30-40)41-24-26-44(27-25-41)52-61-48(33-55(4)37(3)49(57)42-15-9-6-10-16-42)36(2)50(62-52)43-22-20-39(34-56)21-23-43/h5-30,36-37,47-50,52,54,56-57H,31-34H2,1-4H3,(H,53,58). The minimum atomic E-state index is -3.97. The van der Waals surface area contributed by atoms with Crippen LogP contribution in [0.25, 0.3) is 11.1 Å². The molecule has 4 N–H and O–H groups in total. The first-order valence-electron chi connectivity index (χ1n) is 21.4. The van der Waals surface area contributed by atoms with Crippen LogP contribution in [-0.4, -0.2) is 61.2 Å². The van der Waals surface area contributed by atoms with Crippen molar-refractivity contribution in [3.8, 4) is 11.1 Å². The number of ether oxygens (including phenoxy) is 2. The Bertz CT molecular complexity index is 2500. The van der Waals surface area contributed by atoms with Crippen molar-refractivity contribution in [3.63, 3.8) is 0 Å². The zero-order chi connectivity index (χ0) is 44.5. The summed E-state index contributed by atoms with van der Waals surface area (Å²) in [4.78, 5) is 15.9. The molecule has 0 radical (unpaired) electrons. The number of carbonyl (C=O) groups excluding carboxylic acids is 1. The van der Waals surface area contributed by atoms with Gasteiger partial charge in [-0.15, -0.1) is 0 Å². The van der Waals surface area contributed by atoms with E-state index in [4.69, 9.17) is 9.47 Å². The molecule has 11 heteroatoms. The molecule has 0 saturated carbocycles. The lowest BCUT2D eigenvalue weighted by Gasteiger charge is -2.43. The van der Waals surface area contributed by atoms with Crippen LogP contribution in [0.15, 0.2) is 163 Å². The van der Waals surface area contributed by atoms with Crippen molar-refractivity contribution in [1.82, 2.24) is 14.9 Å². The third-order valence-corrected chi connectivity index (χ3v) is 13.5. The summed E-state index contributed by atoms with van der Waals surface area (Å²) in [6, 6.07) is 48.1. The Labute approximate surface area is 371 Å². The van der Waals surface area contributed by atoms with Crippen molar-refractivity contribution in [2.24, 2.45) is 5.92 Å². The fourth-order valence-corrected chi connectivity index (χ4v) is 9.16. The highest BCUT2D eigenvalue weighted by Crippen LogP contribution is 2.42. The van der Waals surface area contributed by atoms with Crippen LogP contribution in [0.5, 0.6) is 0 Å². The summed E-state index contributed by atoms with van der Waals surface area (Å²) >= 11 is 0. The number of rotatable bonds is 17. The third-order valence-electron chi connectivity index (χ3n) is 12.0. The Morgan fingerprint density at radius 3 is 2.05 bits per heavy atom. The van der Waals surface area contributed by atoms with E-state index in [1.54, 1.807) is 12.1 Å². The molecule has 7 unspecified atom stereocenters. The van der Waals surface area contributed by atoms with E-state index in [0.29, 0.717) is 6.54 Å². The van der Waals surface area contributed by atoms with Gasteiger partial charge in [0.1, 0.15) is 6.04 Å². The number of likely N-dealkylation sites (N-methyl/N-ethyl adjacent to an activating group) is 1. The highest BCUT2D eigenvalue weighted by molar-refractivity contribution is 7.89. The number of nitrogens with one attached hydrogen (secondary N) is 2. The molecule has 0 aliphatic carbocycles. The molecule has 1 amide bonds. The van der Waals surface area contributed by atoms with Crippen LogP contribution in [0.2, 0.25) is 0 Å². The van der Waals surface area contributed by atoms with E-state index in [-0.39, 0.29) is 48.6 Å². The van der Waals surface area contributed by atoms with Gasteiger partial charge < -0.3 is 25.0 Å². The summed E-state index contributed by atoms with van der Waals surface area (Å²) in [6.07, 6.45) is -1.69. The second kappa shape index (κ2) is 20.8. The lowest BCUT2D eigenvalue weighted by Crippen LogP contribution is -2.47. The first-order chi connectivity index (χ1) is 30.4. The summed E-state index contributed by atoms with van der Waals surface area (Å²) in [5, 5.41) is 23.9. The average molecular weight is 868 g/mol. The van der Waals surface area contributed by atoms with Crippen LogP contribution in [0, 0.1) is 12.8 Å². The molecule has 10 nitrogen and oxygen atoms in total. The maximum absolute atomic E-state index is 13.7. The molecule has 7 rings (SSSR count). The quantitative estimate of drug-likeness (QED) is 0.0721. The first-order valence-corrected chi connectivity index (χ1v) is 22.9. The average Bonchev–Trinajstić information content (AvgIpc) is 3.31. The summed E-state index contributed by atoms with van der Waals surface area (Å²) in [6.45, 7) is 6.75. The molecular weight excluding hydrogens is 811 g/mol. The van der Waals surface area contributed by atoms with Crippen molar-refractivity contribution >= 4 is 15.9 Å². The normalized spacial score (nSPS) is 19.3. The van der Waals surface area contributed by atoms with Crippen LogP contribution >= 0.6 is 0 Å². The number of hydrogen-bond donors (Lipinski definition) is 4. The zero-order valence-electron chi connectivity index (χ0n) is 36.2. The number of aryl methyl sites for hydroxylation is 1. The fraction of sp³-hybridized carbons (Fsp3) is 0.288. The lowest BCUT2D eigenvalue weighted by atomic mass is 9.89. The summed E-state index contributed by atoms with van der Waals surface area (Å²) in [5.74, 6) is -0.464. The second-order valence-corrected chi connectivity index (χ2v) is 18.3. The maximum atomic E-state index is 13.7. The molecule has 0 aromatic heterocycles. The number of carbonyl (C=O) groups is 1. The van der Waals surface area contributed by atoms with Gasteiger partial charge in [0.15, 0.2) is 6.29 Å². The Kier molecular flexibility index (Phi) is 15.0. The SMILES string of the molecule is Cc1ccc(S(=O)(=O)NC(Cc2ccccc2)C(=O)NCc2cccc(-c3ccc(C4OC(CN(C)C(C)C(O)c5ccccc5)C(C)C(c5ccc(CO)cc5)O4)cc3)c2)cc1. The smallest absolute Gasteiger partial charge is 0.241 e. The van der Waals surface area contributed by atoms with Gasteiger partial charge >= 0.3 is 0 Å². The number of amides is 1. The topological polar surface area (TPSA) is 137 Å². The molecule has 0 spiro atoms. The Hall–Kier alpha value is -5.50. The molecule has 1 aliphatic heterocycles. The molecule has 1 heterocycles. The van der Waals surface area contributed by atoms with Crippen molar-refractivity contribution in [1.29, 1.82) is 0 Å². The van der Waals surface area contributed by atoms with E-state index >= 15 is 0 Å². The molecule has 63 heavy (non-hydrogen) atoms. The van der Waals surface area contributed by atoms with Gasteiger partial charge in [-0.1, -0.05) is 152 Å². The fourth-order valence-electron chi connectivity index (χ4n) is 7.96. The molecule has 6 aromatic rings. The van der Waals surface area contributed by atoms with E-state index in [0.717, 1.165) is 50.1 Å². The summed E-state index contributed by atoms with van der Waals surface area (Å²) < 4.78 is 42.9. The lowest BCUT2D eigenvalue weighted by molar-refractivity contribution is -0.276. The van der Waals surface area contributed by atoms with Gasteiger partial charge in [-0.2, -0.15) is 4.72 Å². The molecule has 7 atom stereocenters. The number of sulfonamides is 1. The Morgan fingerprint density at radius 2 is 1.38 bits per heavy atom. The van der Waals surface area contributed by atoms with Crippen molar-refractivity contribution in [2.75, 3.05) is 13.6 Å². The molecule has 328 valence electrons. The molecule has 1 fully saturated rings. The number of hydrogen-bond acceptors (Lipinski definition) is 8. The largest absolute Gasteiger partial charge is 0.392 e. The Balaban J connectivity index is 1.05. The van der Waals surface area contributed by atoms with E-state index in [1.165, 1.54) is 12.1 Å². The van der Waals surface area contributed by atoms with Gasteiger partial charge in [-0.3, -0.25) is 9.69 Å². The van der Waals surface area contributed by atoms with Crippen LogP contribution < -0.4 is 10.0 Å². The minimum absolute atomic E-state index is 0.0331. The molecule has 1 saturated heterocycles. The monoisotopic (exact) mass is 867 g/mol. The maximum Gasteiger partial charge on any atom is 0.241 e. The molecule has 6 aromatic carbocycles. The van der Waals surface area contributed by atoms with Gasteiger partial charge in [0.25, 0.3) is 0 Å². The van der Waals surface area contributed by atoms with Crippen molar-refractivity contribution in [3.05, 3.63) is 197 Å². The first kappa shape index (κ1) is 45.5. The predicted molar refractivity (Wildman–Crippen MR) is 246 cm³/mol. The number of nitrogens with zero attached hydrogens (tertiary/aromatic N) is 1. The minimum Gasteiger partial charge on any atom is -0.392 e. The second-order valence-electron chi connectivity index (χ2n) is 16.6. The van der Waals surface area contributed by atoms with Crippen LogP contribution in [0.3, 0.4) is 0 Å². The van der Waals surface area contributed by atoms with E-state index in [1.807, 2.05) is 154 Å². The molecule has 1 aliphatic rings. The highest BCUT2D eigenvalue weighted by atomic mass is 32.2. The van der Waals surface area contributed by atoms with Gasteiger partial charge in [0.2, 0.25) is 15.9 Å². The predicted octanol–water partition coefficient (Wildman–Crippen LogP) is 8.21. The van der Waals surface area contributed by atoms with E-state index in [2.05, 4.69) is 21.9 Å². The third kappa shape index (κ3) is 11.6. The van der Waals surface area contributed by atoms with Crippen LogP contribution in [-0.2, 0) is 43.9 Å². The number of aliphatic hydroxyl groups is 2. The van der Waals surface area contributed by atoms with Gasteiger partial charge in [0.05, 0.1) is 29.8 Å². The summed E-state index contributed by atoms with van der Waals surface area (Å²) in [7, 11) is -1.97. The van der Waals surface area contributed by atoms with Gasteiger partial charge in [-0.25, -0.2) is 8.42 Å². The van der Waals surface area contributed by atoms with E-state index in [9.17, 15) is 23.4 Å². The highest BCUT2D eigenvalue weighted by Gasteiger charge is 2.39. The molecular formula is C52H57N3O7S. The Morgan fingerprint density at radius 1 is 0.746 bits per heavy atom. The molecule has 0 bridgehead atoms. The van der Waals surface area contributed by atoms with E-state index < -0.39 is 34.4 Å². The van der Waals surface area contributed by atoms with Gasteiger partial charge in [-0.05, 0) is 84.5 Å². The van der Waals surface area contributed by atoms with Crippen molar-refractivity contribution < 1.29 is 32.9 Å². The number of aliphatic hydroxyl groups excluding tert-OH is 2. The number of benzene rings is 6. The van der Waals surface area contributed by atoms with Crippen LogP contribution in [0.1, 0.15) is 71.3 Å². The zero-order valence-corrected chi connectivity index (χ0v) is 37.0. The van der Waals surface area contributed by atoms with Crippen molar-refractivity contribution in [2.45, 2.75) is 81.9 Å².